The molecule has 1 aromatic heterocycles. The summed E-state index contributed by atoms with van der Waals surface area (Å²) in [5.74, 6) is 0. The molecule has 1 fully saturated rings. The third-order valence-electron chi connectivity index (χ3n) is 3.13. The molecule has 0 aromatic carbocycles. The molecular weight excluding hydrogens is 220 g/mol. The predicted octanol–water partition coefficient (Wildman–Crippen LogP) is 2.67. The van der Waals surface area contributed by atoms with E-state index < -0.39 is 0 Å². The van der Waals surface area contributed by atoms with Gasteiger partial charge >= 0.3 is 0 Å². The van der Waals surface area contributed by atoms with Crippen LogP contribution in [0.3, 0.4) is 0 Å². The number of nitrogens with zero attached hydrogens (tertiary/aromatic N) is 1. The van der Waals surface area contributed by atoms with E-state index in [1.54, 1.807) is 11.3 Å². The molecule has 90 valence electrons. The zero-order valence-electron chi connectivity index (χ0n) is 10.1. The minimum atomic E-state index is -0.0641. The molecule has 0 aliphatic heterocycles. The van der Waals surface area contributed by atoms with E-state index in [9.17, 15) is 0 Å². The molecule has 0 atom stereocenters. The van der Waals surface area contributed by atoms with Crippen LogP contribution >= 0.6 is 11.3 Å². The van der Waals surface area contributed by atoms with Gasteiger partial charge in [0.25, 0.3) is 0 Å². The first-order chi connectivity index (χ1) is 7.80. The Morgan fingerprint density at radius 3 is 2.88 bits per heavy atom. The first kappa shape index (κ1) is 12.0. The molecule has 1 aromatic rings. The molecule has 0 spiro atoms. The summed E-state index contributed by atoms with van der Waals surface area (Å²) in [6.07, 6.45) is 6.78. The highest BCUT2D eigenvalue weighted by molar-refractivity contribution is 7.11. The number of nitrogens with one attached hydrogen (secondary N) is 1. The minimum Gasteiger partial charge on any atom is -0.368 e. The van der Waals surface area contributed by atoms with Crippen molar-refractivity contribution < 1.29 is 4.74 Å². The summed E-state index contributed by atoms with van der Waals surface area (Å²) in [7, 11) is 1.97. The smallest absolute Gasteiger partial charge is 0.125 e. The van der Waals surface area contributed by atoms with Gasteiger partial charge < -0.3 is 10.1 Å². The summed E-state index contributed by atoms with van der Waals surface area (Å²) in [4.78, 5) is 5.86. The zero-order chi connectivity index (χ0) is 11.4. The summed E-state index contributed by atoms with van der Waals surface area (Å²) < 4.78 is 6.00. The van der Waals surface area contributed by atoms with Gasteiger partial charge in [-0.15, -0.1) is 11.3 Å². The van der Waals surface area contributed by atoms with Gasteiger partial charge in [0.15, 0.2) is 0 Å². The number of thiazole rings is 1. The van der Waals surface area contributed by atoms with Crippen LogP contribution in [-0.4, -0.2) is 18.6 Å². The molecule has 0 amide bonds. The van der Waals surface area contributed by atoms with E-state index in [1.165, 1.54) is 22.7 Å². The van der Waals surface area contributed by atoms with E-state index in [-0.39, 0.29) is 5.60 Å². The topological polar surface area (TPSA) is 34.1 Å². The molecule has 2 rings (SSSR count). The fourth-order valence-electron chi connectivity index (χ4n) is 2.42. The lowest BCUT2D eigenvalue weighted by atomic mass is 10.0. The van der Waals surface area contributed by atoms with E-state index in [0.29, 0.717) is 0 Å². The van der Waals surface area contributed by atoms with Crippen molar-refractivity contribution in [2.75, 3.05) is 13.7 Å². The van der Waals surface area contributed by atoms with Crippen LogP contribution in [0.2, 0.25) is 0 Å². The standard InChI is InChI=1S/C12H20N2OS/c1-3-15-12(6-4-5-7-12)11-14-9-10(16-11)8-13-2/h9,13H,3-8H2,1-2H3. The first-order valence-corrected chi connectivity index (χ1v) is 6.86. The molecule has 4 heteroatoms. The molecule has 1 aliphatic rings. The second kappa shape index (κ2) is 5.25. The number of hydrogen-bond acceptors (Lipinski definition) is 4. The fraction of sp³-hybridized carbons (Fsp3) is 0.750. The molecule has 1 aliphatic carbocycles. The quantitative estimate of drug-likeness (QED) is 0.859. The SMILES string of the molecule is CCOC1(c2ncc(CNC)s2)CCCC1. The van der Waals surface area contributed by atoms with Crippen LogP contribution in [0, 0.1) is 0 Å². The maximum absolute atomic E-state index is 6.00. The number of aromatic nitrogens is 1. The Morgan fingerprint density at radius 1 is 1.50 bits per heavy atom. The van der Waals surface area contributed by atoms with Crippen molar-refractivity contribution in [1.82, 2.24) is 10.3 Å². The summed E-state index contributed by atoms with van der Waals surface area (Å²) in [5, 5.41) is 4.34. The molecule has 1 N–H and O–H groups in total. The third kappa shape index (κ3) is 2.29. The lowest BCUT2D eigenvalue weighted by Gasteiger charge is -2.26. The normalized spacial score (nSPS) is 19.1. The first-order valence-electron chi connectivity index (χ1n) is 6.04. The van der Waals surface area contributed by atoms with Crippen LogP contribution in [0.1, 0.15) is 42.5 Å². The lowest BCUT2D eigenvalue weighted by molar-refractivity contribution is -0.0391. The maximum atomic E-state index is 6.00. The Bertz CT molecular complexity index is 332. The molecular formula is C12H20N2OS. The summed E-state index contributed by atoms with van der Waals surface area (Å²) in [6.45, 7) is 3.75. The maximum Gasteiger partial charge on any atom is 0.125 e. The zero-order valence-corrected chi connectivity index (χ0v) is 10.9. The predicted molar refractivity (Wildman–Crippen MR) is 66.6 cm³/mol. The van der Waals surface area contributed by atoms with Gasteiger partial charge in [0.05, 0.1) is 0 Å². The van der Waals surface area contributed by atoms with E-state index in [2.05, 4.69) is 17.2 Å². The van der Waals surface area contributed by atoms with Crippen LogP contribution in [0.5, 0.6) is 0 Å². The van der Waals surface area contributed by atoms with Crippen molar-refractivity contribution in [3.63, 3.8) is 0 Å². The summed E-state index contributed by atoms with van der Waals surface area (Å²) in [5.41, 5.74) is -0.0641. The van der Waals surface area contributed by atoms with E-state index in [1.807, 2.05) is 13.2 Å². The van der Waals surface area contributed by atoms with Gasteiger partial charge in [-0.3, -0.25) is 0 Å². The Hall–Kier alpha value is -0.450. The minimum absolute atomic E-state index is 0.0641. The monoisotopic (exact) mass is 240 g/mol. The van der Waals surface area contributed by atoms with Gasteiger partial charge in [-0.2, -0.15) is 0 Å². The highest BCUT2D eigenvalue weighted by Crippen LogP contribution is 2.43. The highest BCUT2D eigenvalue weighted by Gasteiger charge is 2.38. The van der Waals surface area contributed by atoms with Gasteiger partial charge in [0.1, 0.15) is 10.6 Å². The molecule has 1 heterocycles. The van der Waals surface area contributed by atoms with Gasteiger partial charge in [-0.05, 0) is 26.8 Å². The summed E-state index contributed by atoms with van der Waals surface area (Å²) >= 11 is 1.79. The average molecular weight is 240 g/mol. The molecule has 0 saturated heterocycles. The Morgan fingerprint density at radius 2 is 2.25 bits per heavy atom. The largest absolute Gasteiger partial charge is 0.368 e. The van der Waals surface area contributed by atoms with Crippen molar-refractivity contribution in [3.05, 3.63) is 16.1 Å². The second-order valence-electron chi connectivity index (χ2n) is 4.30. The Labute approximate surface area is 101 Å². The summed E-state index contributed by atoms with van der Waals surface area (Å²) in [6, 6.07) is 0. The van der Waals surface area contributed by atoms with Gasteiger partial charge in [0, 0.05) is 24.2 Å². The third-order valence-corrected chi connectivity index (χ3v) is 4.31. The second-order valence-corrected chi connectivity index (χ2v) is 5.41. The Balaban J connectivity index is 2.18. The van der Waals surface area contributed by atoms with Gasteiger partial charge in [0.2, 0.25) is 0 Å². The van der Waals surface area contributed by atoms with Crippen LogP contribution in [0.25, 0.3) is 0 Å². The van der Waals surface area contributed by atoms with Crippen molar-refractivity contribution in [2.24, 2.45) is 0 Å². The number of ether oxygens (including phenoxy) is 1. The van der Waals surface area contributed by atoms with Crippen LogP contribution < -0.4 is 5.32 Å². The lowest BCUT2D eigenvalue weighted by Crippen LogP contribution is -2.25. The van der Waals surface area contributed by atoms with Crippen LogP contribution in [-0.2, 0) is 16.9 Å². The van der Waals surface area contributed by atoms with E-state index in [0.717, 1.165) is 26.0 Å². The van der Waals surface area contributed by atoms with Crippen molar-refractivity contribution in [2.45, 2.75) is 44.8 Å². The van der Waals surface area contributed by atoms with Crippen molar-refractivity contribution in [3.8, 4) is 0 Å². The molecule has 16 heavy (non-hydrogen) atoms. The molecule has 0 bridgehead atoms. The van der Waals surface area contributed by atoms with E-state index >= 15 is 0 Å². The molecule has 0 unspecified atom stereocenters. The number of hydrogen-bond donors (Lipinski definition) is 1. The Kier molecular flexibility index (Phi) is 3.95. The van der Waals surface area contributed by atoms with Crippen molar-refractivity contribution in [1.29, 1.82) is 0 Å². The molecule has 0 radical (unpaired) electrons. The van der Waals surface area contributed by atoms with E-state index in [4.69, 9.17) is 4.74 Å². The van der Waals surface area contributed by atoms with Gasteiger partial charge in [-0.25, -0.2) is 4.98 Å². The van der Waals surface area contributed by atoms with Crippen LogP contribution in [0.4, 0.5) is 0 Å². The molecule has 3 nitrogen and oxygen atoms in total. The fourth-order valence-corrected chi connectivity index (χ4v) is 3.54. The van der Waals surface area contributed by atoms with Crippen molar-refractivity contribution >= 4 is 11.3 Å². The van der Waals surface area contributed by atoms with Crippen LogP contribution in [0.15, 0.2) is 6.20 Å². The average Bonchev–Trinajstić information content (AvgIpc) is 2.88. The molecule has 1 saturated carbocycles. The highest BCUT2D eigenvalue weighted by atomic mass is 32.1. The van der Waals surface area contributed by atoms with Gasteiger partial charge in [-0.1, -0.05) is 12.8 Å². The number of rotatable bonds is 5.